The maximum atomic E-state index is 12.5. The third-order valence-corrected chi connectivity index (χ3v) is 5.94. The Morgan fingerprint density at radius 2 is 1.78 bits per heavy atom. The lowest BCUT2D eigenvalue weighted by Crippen LogP contribution is -2.30. The van der Waals surface area contributed by atoms with Gasteiger partial charge >= 0.3 is 5.97 Å². The highest BCUT2D eigenvalue weighted by Crippen LogP contribution is 2.29. The summed E-state index contributed by atoms with van der Waals surface area (Å²) in [6.45, 7) is 1.53. The molecule has 140 valence electrons. The van der Waals surface area contributed by atoms with Crippen molar-refractivity contribution in [3.05, 3.63) is 59.7 Å². The minimum absolute atomic E-state index is 0.0179. The molecule has 1 fully saturated rings. The summed E-state index contributed by atoms with van der Waals surface area (Å²) in [5.74, 6) is -3.14. The van der Waals surface area contributed by atoms with E-state index in [0.717, 1.165) is 4.31 Å². The van der Waals surface area contributed by atoms with Crippen LogP contribution in [0.2, 0.25) is 0 Å². The van der Waals surface area contributed by atoms with Crippen LogP contribution in [-0.4, -0.2) is 37.1 Å². The summed E-state index contributed by atoms with van der Waals surface area (Å²) in [7, 11) is -3.77. The number of amides is 2. The highest BCUT2D eigenvalue weighted by molar-refractivity contribution is 7.94. The molecule has 0 unspecified atom stereocenters. The van der Waals surface area contributed by atoms with Gasteiger partial charge in [-0.15, -0.1) is 0 Å². The third-order valence-electron chi connectivity index (χ3n) is 4.07. The molecule has 0 radical (unpaired) electrons. The van der Waals surface area contributed by atoms with Crippen LogP contribution in [0.5, 0.6) is 0 Å². The maximum Gasteiger partial charge on any atom is 0.335 e. The Hall–Kier alpha value is -3.20. The van der Waals surface area contributed by atoms with E-state index in [2.05, 4.69) is 5.32 Å². The molecule has 0 bridgehead atoms. The van der Waals surface area contributed by atoms with E-state index in [1.165, 1.54) is 55.5 Å². The van der Waals surface area contributed by atoms with Crippen LogP contribution in [-0.2, 0) is 14.8 Å². The third kappa shape index (κ3) is 3.68. The minimum Gasteiger partial charge on any atom is -0.478 e. The molecule has 2 aromatic rings. The van der Waals surface area contributed by atoms with Crippen molar-refractivity contribution in [3.8, 4) is 0 Å². The normalized spacial score (nSPS) is 18.3. The van der Waals surface area contributed by atoms with Gasteiger partial charge < -0.3 is 10.4 Å². The first-order chi connectivity index (χ1) is 12.7. The van der Waals surface area contributed by atoms with Gasteiger partial charge in [0.25, 0.3) is 5.91 Å². The summed E-state index contributed by atoms with van der Waals surface area (Å²) >= 11 is 0. The van der Waals surface area contributed by atoms with Crippen molar-refractivity contribution in [1.82, 2.24) is 0 Å². The second kappa shape index (κ2) is 6.84. The van der Waals surface area contributed by atoms with Gasteiger partial charge in [0.2, 0.25) is 15.9 Å². The van der Waals surface area contributed by atoms with Crippen molar-refractivity contribution >= 4 is 39.2 Å². The molecule has 2 amide bonds. The van der Waals surface area contributed by atoms with E-state index in [1.807, 2.05) is 0 Å². The van der Waals surface area contributed by atoms with Crippen LogP contribution >= 0.6 is 0 Å². The van der Waals surface area contributed by atoms with Gasteiger partial charge in [-0.2, -0.15) is 0 Å². The van der Waals surface area contributed by atoms with E-state index in [4.69, 9.17) is 5.11 Å². The Morgan fingerprint density at radius 3 is 2.41 bits per heavy atom. The lowest BCUT2D eigenvalue weighted by atomic mass is 10.1. The van der Waals surface area contributed by atoms with Gasteiger partial charge in [-0.1, -0.05) is 19.1 Å². The molecule has 0 saturated carbocycles. The zero-order valence-electron chi connectivity index (χ0n) is 14.2. The molecule has 9 heteroatoms. The summed E-state index contributed by atoms with van der Waals surface area (Å²) in [4.78, 5) is 35.7. The minimum atomic E-state index is -3.77. The molecule has 1 aliphatic rings. The van der Waals surface area contributed by atoms with Crippen LogP contribution in [0.4, 0.5) is 11.4 Å². The lowest BCUT2D eigenvalue weighted by molar-refractivity contribution is -0.119. The quantitative estimate of drug-likeness (QED) is 0.826. The number of carboxylic acid groups (broad SMARTS) is 1. The Labute approximate surface area is 155 Å². The van der Waals surface area contributed by atoms with E-state index >= 15 is 0 Å². The fourth-order valence-electron chi connectivity index (χ4n) is 2.79. The molecule has 0 spiro atoms. The van der Waals surface area contributed by atoms with Gasteiger partial charge in [-0.05, 0) is 36.4 Å². The van der Waals surface area contributed by atoms with E-state index in [-0.39, 0.29) is 28.3 Å². The van der Waals surface area contributed by atoms with E-state index in [9.17, 15) is 22.8 Å². The number of carbonyl (C=O) groups is 3. The Morgan fingerprint density at radius 1 is 1.11 bits per heavy atom. The fraction of sp³-hybridized carbons (Fsp3) is 0.167. The zero-order chi connectivity index (χ0) is 19.8. The Kier molecular flexibility index (Phi) is 4.71. The average molecular weight is 388 g/mol. The molecule has 1 saturated heterocycles. The number of benzene rings is 2. The predicted molar refractivity (Wildman–Crippen MR) is 98.2 cm³/mol. The highest BCUT2D eigenvalue weighted by atomic mass is 32.2. The number of hydrogen-bond donors (Lipinski definition) is 2. The fourth-order valence-corrected chi connectivity index (χ4v) is 4.61. The topological polar surface area (TPSA) is 121 Å². The predicted octanol–water partition coefficient (Wildman–Crippen LogP) is 1.95. The Bertz CT molecular complexity index is 1050. The van der Waals surface area contributed by atoms with Crippen LogP contribution in [0.15, 0.2) is 48.5 Å². The second-order valence-corrected chi connectivity index (χ2v) is 8.03. The molecule has 0 aliphatic carbocycles. The number of carbonyl (C=O) groups excluding carboxylic acids is 2. The van der Waals surface area contributed by atoms with Crippen molar-refractivity contribution in [2.45, 2.75) is 6.92 Å². The first-order valence-corrected chi connectivity index (χ1v) is 9.61. The number of hydrogen-bond acceptors (Lipinski definition) is 5. The SMILES string of the molecule is C[C@@H]1CS(=O)(=O)N(c2cccc(C(=O)Nc3cccc(C(=O)O)c3)c2)C1=O. The van der Waals surface area contributed by atoms with Crippen molar-refractivity contribution in [3.63, 3.8) is 0 Å². The van der Waals surface area contributed by atoms with Crippen molar-refractivity contribution < 1.29 is 27.9 Å². The largest absolute Gasteiger partial charge is 0.478 e. The van der Waals surface area contributed by atoms with Gasteiger partial charge in [0.15, 0.2) is 0 Å². The number of carboxylic acids is 1. The molecule has 2 aromatic carbocycles. The zero-order valence-corrected chi connectivity index (χ0v) is 15.1. The molecule has 0 aromatic heterocycles. The monoisotopic (exact) mass is 388 g/mol. The van der Waals surface area contributed by atoms with Gasteiger partial charge in [0.1, 0.15) is 0 Å². The molecule has 1 aliphatic heterocycles. The van der Waals surface area contributed by atoms with E-state index < -0.39 is 33.7 Å². The molecule has 1 atom stereocenters. The number of nitrogens with zero attached hydrogens (tertiary/aromatic N) is 1. The summed E-state index contributed by atoms with van der Waals surface area (Å²) in [5, 5.41) is 11.6. The van der Waals surface area contributed by atoms with Crippen molar-refractivity contribution in [2.75, 3.05) is 15.4 Å². The molecule has 2 N–H and O–H groups in total. The molecular formula is C18H16N2O6S. The number of anilines is 2. The van der Waals surface area contributed by atoms with Crippen LogP contribution in [0, 0.1) is 5.92 Å². The van der Waals surface area contributed by atoms with Crippen molar-refractivity contribution in [2.24, 2.45) is 5.92 Å². The molecule has 8 nitrogen and oxygen atoms in total. The summed E-state index contributed by atoms with van der Waals surface area (Å²) in [5.41, 5.74) is 0.528. The first-order valence-electron chi connectivity index (χ1n) is 8.00. The summed E-state index contributed by atoms with van der Waals surface area (Å²) in [6.07, 6.45) is 0. The van der Waals surface area contributed by atoms with Gasteiger partial charge in [-0.25, -0.2) is 17.5 Å². The van der Waals surface area contributed by atoms with Crippen LogP contribution in [0.1, 0.15) is 27.6 Å². The standard InChI is InChI=1S/C18H16N2O6S/c1-11-10-27(25,26)20(17(11)22)15-7-3-4-12(9-15)16(21)19-14-6-2-5-13(8-14)18(23)24/h2-9,11H,10H2,1H3,(H,19,21)(H,23,24)/t11-/m1/s1. The summed E-state index contributed by atoms with van der Waals surface area (Å²) in [6, 6.07) is 11.4. The van der Waals surface area contributed by atoms with Crippen LogP contribution in [0.25, 0.3) is 0 Å². The number of aromatic carboxylic acids is 1. The lowest BCUT2D eigenvalue weighted by Gasteiger charge is -2.16. The van der Waals surface area contributed by atoms with Crippen LogP contribution < -0.4 is 9.62 Å². The van der Waals surface area contributed by atoms with Gasteiger partial charge in [0.05, 0.1) is 22.9 Å². The number of rotatable bonds is 4. The molecule has 3 rings (SSSR count). The van der Waals surface area contributed by atoms with Crippen molar-refractivity contribution in [1.29, 1.82) is 0 Å². The molecular weight excluding hydrogens is 372 g/mol. The number of nitrogens with one attached hydrogen (secondary N) is 1. The van der Waals surface area contributed by atoms with E-state index in [0.29, 0.717) is 0 Å². The molecule has 27 heavy (non-hydrogen) atoms. The highest BCUT2D eigenvalue weighted by Gasteiger charge is 2.42. The Balaban J connectivity index is 1.88. The number of sulfonamides is 1. The van der Waals surface area contributed by atoms with Crippen LogP contribution in [0.3, 0.4) is 0 Å². The summed E-state index contributed by atoms with van der Waals surface area (Å²) < 4.78 is 25.1. The maximum absolute atomic E-state index is 12.5. The average Bonchev–Trinajstić information content (AvgIpc) is 2.82. The first kappa shape index (κ1) is 18.6. The second-order valence-electron chi connectivity index (χ2n) is 6.17. The molecule has 1 heterocycles. The van der Waals surface area contributed by atoms with E-state index in [1.54, 1.807) is 0 Å². The van der Waals surface area contributed by atoms with Gasteiger partial charge in [0, 0.05) is 11.3 Å². The van der Waals surface area contributed by atoms with Gasteiger partial charge in [-0.3, -0.25) is 9.59 Å². The smallest absolute Gasteiger partial charge is 0.335 e.